The molecule has 0 bridgehead atoms. The Morgan fingerprint density at radius 1 is 0.963 bits per heavy atom. The summed E-state index contributed by atoms with van der Waals surface area (Å²) in [6, 6.07) is 17.5. The van der Waals surface area contributed by atoms with Crippen molar-refractivity contribution in [2.45, 2.75) is 0 Å². The molecule has 0 unspecified atom stereocenters. The maximum absolute atomic E-state index is 10.9. The van der Waals surface area contributed by atoms with Crippen molar-refractivity contribution in [2.75, 3.05) is 0 Å². The summed E-state index contributed by atoms with van der Waals surface area (Å²) in [6.45, 7) is 0. The number of hydrogen-bond acceptors (Lipinski definition) is 5. The van der Waals surface area contributed by atoms with Gasteiger partial charge in [-0.15, -0.1) is 0 Å². The monoisotopic (exact) mass is 360 g/mol. The number of allylic oxidation sites excluding steroid dienone is 1. The molecule has 3 rings (SSSR count). The summed E-state index contributed by atoms with van der Waals surface area (Å²) in [4.78, 5) is 20.7. The molecule has 27 heavy (non-hydrogen) atoms. The van der Waals surface area contributed by atoms with Crippen LogP contribution in [0.3, 0.4) is 0 Å². The van der Waals surface area contributed by atoms with Gasteiger partial charge in [0, 0.05) is 41.8 Å². The summed E-state index contributed by atoms with van der Waals surface area (Å²) in [6.07, 6.45) is 3.37. The van der Waals surface area contributed by atoms with Crippen molar-refractivity contribution in [2.24, 2.45) is 0 Å². The van der Waals surface area contributed by atoms with Gasteiger partial charge in [0.05, 0.1) is 21.5 Å². The molecular formula is C19H12N4O4. The zero-order valence-corrected chi connectivity index (χ0v) is 13.9. The minimum Gasteiger partial charge on any atom is -0.317 e. The molecule has 132 valence electrons. The minimum absolute atomic E-state index is 0.0164. The largest absolute Gasteiger partial charge is 0.317 e. The van der Waals surface area contributed by atoms with Crippen LogP contribution < -0.4 is 0 Å². The lowest BCUT2D eigenvalue weighted by Gasteiger charge is -2.07. The van der Waals surface area contributed by atoms with Crippen LogP contribution in [0.15, 0.2) is 66.9 Å². The predicted molar refractivity (Wildman–Crippen MR) is 99.0 cm³/mol. The van der Waals surface area contributed by atoms with Gasteiger partial charge < -0.3 is 4.57 Å². The van der Waals surface area contributed by atoms with E-state index >= 15 is 0 Å². The van der Waals surface area contributed by atoms with Crippen molar-refractivity contribution >= 4 is 23.0 Å². The Hall–Kier alpha value is -4.25. The van der Waals surface area contributed by atoms with Crippen molar-refractivity contribution in [1.29, 1.82) is 5.26 Å². The number of hydrogen-bond donors (Lipinski definition) is 0. The van der Waals surface area contributed by atoms with E-state index in [-0.39, 0.29) is 16.9 Å². The van der Waals surface area contributed by atoms with Gasteiger partial charge in [0.25, 0.3) is 11.4 Å². The van der Waals surface area contributed by atoms with E-state index in [9.17, 15) is 25.5 Å². The Labute approximate surface area is 153 Å². The van der Waals surface area contributed by atoms with Gasteiger partial charge in [0.2, 0.25) is 0 Å². The lowest BCUT2D eigenvalue weighted by Crippen LogP contribution is -1.96. The predicted octanol–water partition coefficient (Wildman–Crippen LogP) is 4.36. The van der Waals surface area contributed by atoms with Crippen LogP contribution in [0.5, 0.6) is 0 Å². The molecule has 0 amide bonds. The molecule has 3 aromatic rings. The number of non-ortho nitro benzene ring substituents is 2. The van der Waals surface area contributed by atoms with E-state index in [0.717, 1.165) is 0 Å². The van der Waals surface area contributed by atoms with Gasteiger partial charge >= 0.3 is 0 Å². The van der Waals surface area contributed by atoms with E-state index in [0.29, 0.717) is 16.9 Å². The maximum atomic E-state index is 10.9. The van der Waals surface area contributed by atoms with Crippen molar-refractivity contribution in [1.82, 2.24) is 4.57 Å². The summed E-state index contributed by atoms with van der Waals surface area (Å²) < 4.78 is 1.76. The van der Waals surface area contributed by atoms with Crippen molar-refractivity contribution in [3.63, 3.8) is 0 Å². The van der Waals surface area contributed by atoms with Gasteiger partial charge in [-0.3, -0.25) is 20.2 Å². The van der Waals surface area contributed by atoms with Crippen molar-refractivity contribution in [3.8, 4) is 11.8 Å². The molecule has 0 saturated heterocycles. The van der Waals surface area contributed by atoms with Crippen LogP contribution in [-0.2, 0) is 0 Å². The smallest absolute Gasteiger partial charge is 0.270 e. The summed E-state index contributed by atoms with van der Waals surface area (Å²) in [5.41, 5.74) is 1.93. The first kappa shape index (κ1) is 17.6. The Bertz CT molecular complexity index is 1090. The molecule has 0 spiro atoms. The van der Waals surface area contributed by atoms with Crippen LogP contribution >= 0.6 is 0 Å². The number of nitro benzene ring substituents is 2. The average molecular weight is 360 g/mol. The summed E-state index contributed by atoms with van der Waals surface area (Å²) >= 11 is 0. The maximum Gasteiger partial charge on any atom is 0.270 e. The van der Waals surface area contributed by atoms with Gasteiger partial charge in [-0.25, -0.2) is 0 Å². The second-order valence-electron chi connectivity index (χ2n) is 5.55. The fourth-order valence-electron chi connectivity index (χ4n) is 2.60. The van der Waals surface area contributed by atoms with Gasteiger partial charge in [-0.1, -0.05) is 12.1 Å². The van der Waals surface area contributed by atoms with E-state index in [1.54, 1.807) is 47.2 Å². The zero-order chi connectivity index (χ0) is 19.4. The van der Waals surface area contributed by atoms with Crippen LogP contribution in [0.1, 0.15) is 11.3 Å². The molecule has 0 aliphatic rings. The first-order valence-corrected chi connectivity index (χ1v) is 7.78. The lowest BCUT2D eigenvalue weighted by atomic mass is 10.1. The third-order valence-electron chi connectivity index (χ3n) is 3.90. The minimum atomic E-state index is -0.516. The van der Waals surface area contributed by atoms with E-state index in [2.05, 4.69) is 6.07 Å². The molecule has 0 atom stereocenters. The van der Waals surface area contributed by atoms with Crippen molar-refractivity contribution in [3.05, 3.63) is 98.3 Å². The van der Waals surface area contributed by atoms with Crippen LogP contribution in [0.2, 0.25) is 0 Å². The summed E-state index contributed by atoms with van der Waals surface area (Å²) in [5, 5.41) is 31.2. The summed E-state index contributed by atoms with van der Waals surface area (Å²) in [5.74, 6) is 0. The molecule has 8 nitrogen and oxygen atoms in total. The fraction of sp³-hybridized carbons (Fsp3) is 0. The standard InChI is InChI=1S/C19H12N4O4/c20-13-15(14-3-1-4-19(11-14)23(26)27)12-18-5-2-10-21(18)16-6-8-17(9-7-16)22(24)25/h1-12H. The van der Waals surface area contributed by atoms with E-state index < -0.39 is 9.85 Å². The summed E-state index contributed by atoms with van der Waals surface area (Å²) in [7, 11) is 0. The van der Waals surface area contributed by atoms with Crippen LogP contribution in [0, 0.1) is 31.6 Å². The number of rotatable bonds is 5. The van der Waals surface area contributed by atoms with Gasteiger partial charge in [0.15, 0.2) is 0 Å². The Morgan fingerprint density at radius 2 is 1.67 bits per heavy atom. The highest BCUT2D eigenvalue weighted by Gasteiger charge is 2.11. The zero-order valence-electron chi connectivity index (χ0n) is 13.9. The highest BCUT2D eigenvalue weighted by Crippen LogP contribution is 2.24. The topological polar surface area (TPSA) is 115 Å². The molecule has 1 heterocycles. The Morgan fingerprint density at radius 3 is 2.30 bits per heavy atom. The molecule has 0 radical (unpaired) electrons. The van der Waals surface area contributed by atoms with Crippen molar-refractivity contribution < 1.29 is 9.85 Å². The molecule has 0 N–H and O–H groups in total. The fourth-order valence-corrected chi connectivity index (χ4v) is 2.60. The van der Waals surface area contributed by atoms with Gasteiger partial charge in [0.1, 0.15) is 0 Å². The molecular weight excluding hydrogens is 348 g/mol. The Balaban J connectivity index is 2.01. The van der Waals surface area contributed by atoms with Gasteiger partial charge in [-0.2, -0.15) is 5.26 Å². The second kappa shape index (κ2) is 7.33. The SMILES string of the molecule is N#CC(=Cc1cccn1-c1ccc([N+](=O)[O-])cc1)c1cccc([N+](=O)[O-])c1. The first-order chi connectivity index (χ1) is 13.0. The molecule has 2 aromatic carbocycles. The number of nitro groups is 2. The molecule has 8 heteroatoms. The molecule has 0 aliphatic carbocycles. The molecule has 0 saturated carbocycles. The van der Waals surface area contributed by atoms with E-state index in [1.165, 1.54) is 30.3 Å². The average Bonchev–Trinajstić information content (AvgIpc) is 3.14. The molecule has 0 aliphatic heterocycles. The second-order valence-corrected chi connectivity index (χ2v) is 5.55. The lowest BCUT2D eigenvalue weighted by molar-refractivity contribution is -0.385. The van der Waals surface area contributed by atoms with Gasteiger partial charge in [-0.05, 0) is 35.9 Å². The number of nitrogens with zero attached hydrogens (tertiary/aromatic N) is 4. The van der Waals surface area contributed by atoms with Crippen LogP contribution in [0.4, 0.5) is 11.4 Å². The highest BCUT2D eigenvalue weighted by molar-refractivity contribution is 5.89. The normalized spacial score (nSPS) is 11.0. The Kier molecular flexibility index (Phi) is 4.77. The highest BCUT2D eigenvalue weighted by atomic mass is 16.6. The number of nitriles is 1. The third kappa shape index (κ3) is 3.72. The molecule has 1 aromatic heterocycles. The molecule has 0 fully saturated rings. The first-order valence-electron chi connectivity index (χ1n) is 7.78. The van der Waals surface area contributed by atoms with Crippen LogP contribution in [-0.4, -0.2) is 14.4 Å². The number of benzene rings is 2. The van der Waals surface area contributed by atoms with Crippen LogP contribution in [0.25, 0.3) is 17.3 Å². The third-order valence-corrected chi connectivity index (χ3v) is 3.90. The van der Waals surface area contributed by atoms with E-state index in [4.69, 9.17) is 0 Å². The number of aromatic nitrogens is 1. The quantitative estimate of drug-likeness (QED) is 0.381. The van der Waals surface area contributed by atoms with E-state index in [1.807, 2.05) is 0 Å².